The standard InChI is InChI=1S/C76H70N2O8P4S4/c1-77(2)89(93)83-73-48-71-63-44-65(73)59(41-37-53-27-15-7-16-28-53)67-46-68-60(42-38-54-29-17-8-18-30-54)66-45-64-58(40-36-52-25-13-6-14-26-52)62-43-61(57(63)39-35-51-23-11-5-12-24-51)69(79-87(91,81-71)55-31-19-9-20-32-55)47-70(62)80-88(92,56-33-21-10-22-34-56)82-72(64)49-74(66)84-90(94,78(3)4)86-76(68)50-75(67)85-89/h5-34,43-50,57-60H,35-42H2,1-4H3. The van der Waals surface area contributed by atoms with Gasteiger partial charge in [0.1, 0.15) is 46.0 Å². The van der Waals surface area contributed by atoms with Crippen molar-refractivity contribution >= 4 is 84.1 Å². The van der Waals surface area contributed by atoms with Crippen molar-refractivity contribution in [2.75, 3.05) is 28.2 Å². The summed E-state index contributed by atoms with van der Waals surface area (Å²) in [4.78, 5) is 0. The number of benzene rings is 10. The highest BCUT2D eigenvalue weighted by Crippen LogP contribution is 2.66. The lowest BCUT2D eigenvalue weighted by Gasteiger charge is -2.40. The highest BCUT2D eigenvalue weighted by Gasteiger charge is 2.45. The van der Waals surface area contributed by atoms with Crippen molar-refractivity contribution in [2.24, 2.45) is 0 Å². The Bertz CT molecular complexity index is 4420. The van der Waals surface area contributed by atoms with Crippen LogP contribution in [0.1, 0.15) is 116 Å². The first-order chi connectivity index (χ1) is 45.6. The van der Waals surface area contributed by atoms with Crippen LogP contribution in [0.3, 0.4) is 0 Å². The molecule has 0 saturated carbocycles. The maximum absolute atomic E-state index is 7.64. The minimum Gasteiger partial charge on any atom is -0.432 e. The summed E-state index contributed by atoms with van der Waals surface area (Å²) in [5.41, 5.74) is 12.4. The van der Waals surface area contributed by atoms with Crippen molar-refractivity contribution in [1.82, 2.24) is 9.34 Å². The molecule has 10 aromatic rings. The first-order valence-electron chi connectivity index (χ1n) is 31.9. The molecule has 10 aromatic carbocycles. The van der Waals surface area contributed by atoms with Crippen LogP contribution >= 0.6 is 26.3 Å². The van der Waals surface area contributed by atoms with Crippen LogP contribution in [0.2, 0.25) is 0 Å². The second-order valence-electron chi connectivity index (χ2n) is 25.0. The maximum Gasteiger partial charge on any atom is 0.367 e. The monoisotopic (exact) mass is 1390 g/mol. The second kappa shape index (κ2) is 25.9. The van der Waals surface area contributed by atoms with Crippen molar-refractivity contribution in [3.05, 3.63) is 297 Å². The molecule has 0 saturated heterocycles. The number of aryl methyl sites for hydroxylation is 4. The van der Waals surface area contributed by atoms with E-state index in [9.17, 15) is 0 Å². The fraction of sp³-hybridized carbons (Fsp3) is 0.211. The van der Waals surface area contributed by atoms with Gasteiger partial charge >= 0.3 is 26.3 Å². The summed E-state index contributed by atoms with van der Waals surface area (Å²) in [7, 11) is 7.67. The molecule has 8 bridgehead atoms. The molecule has 94 heavy (non-hydrogen) atoms. The Morgan fingerprint density at radius 1 is 0.266 bits per heavy atom. The van der Waals surface area contributed by atoms with E-state index in [1.807, 2.05) is 104 Å². The Labute approximate surface area is 571 Å². The van der Waals surface area contributed by atoms with Gasteiger partial charge in [-0.05, 0) is 174 Å². The average molecular weight is 1390 g/mol. The molecule has 1 aliphatic carbocycles. The van der Waals surface area contributed by atoms with Crippen LogP contribution in [0.15, 0.2) is 231 Å². The lowest BCUT2D eigenvalue weighted by molar-refractivity contribution is 0.388. The van der Waals surface area contributed by atoms with Gasteiger partial charge in [-0.3, -0.25) is 0 Å². The molecule has 5 aliphatic rings. The summed E-state index contributed by atoms with van der Waals surface area (Å²) in [6.45, 7) is -14.1. The van der Waals surface area contributed by atoms with Crippen molar-refractivity contribution < 1.29 is 36.2 Å². The minimum absolute atomic E-state index is 0.353. The Kier molecular flexibility index (Phi) is 17.4. The third-order valence-electron chi connectivity index (χ3n) is 18.7. The van der Waals surface area contributed by atoms with Gasteiger partial charge in [0.25, 0.3) is 0 Å². The molecule has 8 atom stereocenters. The van der Waals surface area contributed by atoms with Gasteiger partial charge in [-0.25, -0.2) is 9.34 Å². The largest absolute Gasteiger partial charge is 0.432 e. The number of hydrogen-bond acceptors (Lipinski definition) is 12. The topological polar surface area (TPSA) is 80.3 Å². The molecular formula is C76H70N2O8P4S4. The van der Waals surface area contributed by atoms with Gasteiger partial charge in [0.2, 0.25) is 0 Å². The van der Waals surface area contributed by atoms with Crippen LogP contribution in [-0.4, -0.2) is 37.5 Å². The Hall–Kier alpha value is -6.88. The molecule has 15 rings (SSSR count). The summed E-state index contributed by atoms with van der Waals surface area (Å²) in [6, 6.07) is 80.3. The fourth-order valence-electron chi connectivity index (χ4n) is 13.8. The quantitative estimate of drug-likeness (QED) is 0.0861. The average Bonchev–Trinajstić information content (AvgIpc) is 0.726. The second-order valence-corrected chi connectivity index (χ2v) is 38.7. The Balaban J connectivity index is 1.11. The van der Waals surface area contributed by atoms with Gasteiger partial charge < -0.3 is 36.2 Å². The highest BCUT2D eigenvalue weighted by atomic mass is 32.5. The van der Waals surface area contributed by atoms with Gasteiger partial charge in [-0.15, -0.1) is 0 Å². The van der Waals surface area contributed by atoms with Gasteiger partial charge in [-0.1, -0.05) is 158 Å². The SMILES string of the molecule is CN(C)P1(=S)Oc2cc3c4cc2C(CCc2ccccc2)c2cc5c(cc2O1)OP(=S)(N(C)C)Oc1cc2c(cc1C5CCc1ccccc1)C(CCc1ccccc1)c1cc(c(cc1OP(=S)(c1ccccc1)O2)OP(=S)(c1ccccc1)O3)C4CCc1ccccc1. The molecule has 0 spiro atoms. The Morgan fingerprint density at radius 2 is 0.457 bits per heavy atom. The molecule has 476 valence electrons. The van der Waals surface area contributed by atoms with Crippen molar-refractivity contribution in [1.29, 1.82) is 0 Å². The lowest BCUT2D eigenvalue weighted by Crippen LogP contribution is -2.25. The third kappa shape index (κ3) is 12.3. The summed E-state index contributed by atoms with van der Waals surface area (Å²) < 4.78 is 64.1. The summed E-state index contributed by atoms with van der Waals surface area (Å²) in [5.74, 6) is 3.00. The molecule has 0 aromatic heterocycles. The predicted octanol–water partition coefficient (Wildman–Crippen LogP) is 19.0. The van der Waals surface area contributed by atoms with Crippen molar-refractivity contribution in [3.63, 3.8) is 0 Å². The maximum atomic E-state index is 7.64. The molecule has 4 heterocycles. The van der Waals surface area contributed by atoms with Crippen LogP contribution in [0.4, 0.5) is 0 Å². The first-order valence-corrected chi connectivity index (χ1v) is 42.4. The van der Waals surface area contributed by atoms with E-state index < -0.39 is 26.3 Å². The van der Waals surface area contributed by atoms with Crippen molar-refractivity contribution in [2.45, 2.75) is 75.0 Å². The highest BCUT2D eigenvalue weighted by molar-refractivity contribution is 8.14. The van der Waals surface area contributed by atoms with E-state index in [1.165, 1.54) is 22.3 Å². The Morgan fingerprint density at radius 3 is 0.660 bits per heavy atom. The zero-order valence-electron chi connectivity index (χ0n) is 52.5. The van der Waals surface area contributed by atoms with Crippen molar-refractivity contribution in [3.8, 4) is 46.0 Å². The molecule has 0 amide bonds. The van der Waals surface area contributed by atoms with Crippen LogP contribution < -0.4 is 46.8 Å². The summed E-state index contributed by atoms with van der Waals surface area (Å²) in [5, 5.41) is 1.46. The molecule has 0 radical (unpaired) electrons. The number of rotatable bonds is 16. The van der Waals surface area contributed by atoms with Gasteiger partial charge in [0.15, 0.2) is 0 Å². The van der Waals surface area contributed by atoms with Gasteiger partial charge in [-0.2, -0.15) is 0 Å². The van der Waals surface area contributed by atoms with E-state index in [2.05, 4.69) is 164 Å². The van der Waals surface area contributed by atoms with E-state index >= 15 is 0 Å². The van der Waals surface area contributed by atoms with Crippen LogP contribution in [0, 0.1) is 0 Å². The number of hydrogen-bond donors (Lipinski definition) is 0. The zero-order valence-corrected chi connectivity index (χ0v) is 59.3. The molecule has 10 nitrogen and oxygen atoms in total. The van der Waals surface area contributed by atoms with Gasteiger partial charge in [0, 0.05) is 116 Å². The van der Waals surface area contributed by atoms with E-state index in [0.717, 1.165) is 80.8 Å². The molecule has 0 N–H and O–H groups in total. The van der Waals surface area contributed by atoms with E-state index in [-0.39, 0.29) is 23.7 Å². The van der Waals surface area contributed by atoms with Crippen LogP contribution in [-0.2, 0) is 72.9 Å². The first kappa shape index (κ1) is 63.2. The summed E-state index contributed by atoms with van der Waals surface area (Å²) in [6.07, 6.45) is 5.53. The number of nitrogens with zero attached hydrogens (tertiary/aromatic N) is 2. The lowest BCUT2D eigenvalue weighted by atomic mass is 9.76. The van der Waals surface area contributed by atoms with Crippen LogP contribution in [0.25, 0.3) is 0 Å². The van der Waals surface area contributed by atoms with Gasteiger partial charge in [0.05, 0.1) is 10.6 Å². The molecule has 0 fully saturated rings. The summed E-state index contributed by atoms with van der Waals surface area (Å²) >= 11 is 27.5. The molecule has 18 heteroatoms. The molecular weight excluding hydrogens is 1320 g/mol. The molecule has 8 unspecified atom stereocenters. The van der Waals surface area contributed by atoms with E-state index in [0.29, 0.717) is 71.7 Å². The van der Waals surface area contributed by atoms with Crippen LogP contribution in [0.5, 0.6) is 46.0 Å². The normalized spacial score (nSPS) is 23.4. The van der Waals surface area contributed by atoms with E-state index in [4.69, 9.17) is 83.4 Å². The predicted molar refractivity (Wildman–Crippen MR) is 394 cm³/mol. The fourth-order valence-corrected chi connectivity index (χ4v) is 22.0. The minimum atomic E-state index is -3.58. The third-order valence-corrected chi connectivity index (χ3v) is 31.0. The smallest absolute Gasteiger partial charge is 0.367 e. The zero-order chi connectivity index (χ0) is 64.3. The van der Waals surface area contributed by atoms with E-state index in [1.54, 1.807) is 0 Å². The molecule has 4 aliphatic heterocycles.